The molecule has 0 aliphatic carbocycles. The van der Waals surface area contributed by atoms with E-state index >= 15 is 0 Å². The Morgan fingerprint density at radius 3 is 2.59 bits per heavy atom. The summed E-state index contributed by atoms with van der Waals surface area (Å²) < 4.78 is 39.9. The Balaban J connectivity index is 0.00000126. The van der Waals surface area contributed by atoms with Crippen LogP contribution in [0.5, 0.6) is 0 Å². The number of halogens is 3. The number of fused-ring (bicyclic) bond motifs is 1. The van der Waals surface area contributed by atoms with Crippen LogP contribution in [-0.2, 0) is 6.54 Å². The van der Waals surface area contributed by atoms with Crippen molar-refractivity contribution in [2.45, 2.75) is 33.7 Å². The molecule has 27 heavy (non-hydrogen) atoms. The van der Waals surface area contributed by atoms with Crippen LogP contribution in [0.3, 0.4) is 0 Å². The molecule has 0 spiro atoms. The molecule has 0 atom stereocenters. The first-order valence-corrected chi connectivity index (χ1v) is 8.60. The standard InChI is InChI=1S/C19H14F3N3.C2H6/c1-11-5-6-16-15(7-11)18(13(8-23)10-24-16)25-9-12-3-2-4-14(17(12)20)19(21)22;1-2/h2-7,10,19H,9H2,1H3,(H,24,25);1-2H3. The van der Waals surface area contributed by atoms with E-state index in [0.29, 0.717) is 16.8 Å². The van der Waals surface area contributed by atoms with E-state index in [9.17, 15) is 18.4 Å². The number of aromatic nitrogens is 1. The summed E-state index contributed by atoms with van der Waals surface area (Å²) in [6, 6.07) is 11.5. The van der Waals surface area contributed by atoms with Gasteiger partial charge >= 0.3 is 0 Å². The Morgan fingerprint density at radius 1 is 1.19 bits per heavy atom. The third kappa shape index (κ3) is 4.37. The smallest absolute Gasteiger partial charge is 0.266 e. The third-order valence-electron chi connectivity index (χ3n) is 3.94. The molecule has 0 amide bonds. The lowest BCUT2D eigenvalue weighted by Crippen LogP contribution is -2.06. The minimum atomic E-state index is -2.88. The molecule has 6 heteroatoms. The van der Waals surface area contributed by atoms with Gasteiger partial charge in [0.05, 0.1) is 22.3 Å². The van der Waals surface area contributed by atoms with Crippen LogP contribution < -0.4 is 5.32 Å². The first-order chi connectivity index (χ1) is 13.0. The molecule has 0 radical (unpaired) electrons. The number of aryl methyl sites for hydroxylation is 1. The summed E-state index contributed by atoms with van der Waals surface area (Å²) in [5, 5.41) is 13.0. The quantitative estimate of drug-likeness (QED) is 0.600. The molecule has 0 saturated heterocycles. The molecule has 1 heterocycles. The summed E-state index contributed by atoms with van der Waals surface area (Å²) in [5.41, 5.74) is 1.98. The van der Waals surface area contributed by atoms with Crippen LogP contribution >= 0.6 is 0 Å². The van der Waals surface area contributed by atoms with Gasteiger partial charge in [0.2, 0.25) is 0 Å². The second kappa shape index (κ2) is 9.04. The van der Waals surface area contributed by atoms with Crippen molar-refractivity contribution in [3.8, 4) is 6.07 Å². The van der Waals surface area contributed by atoms with Gasteiger partial charge in [-0.1, -0.05) is 43.7 Å². The fourth-order valence-electron chi connectivity index (χ4n) is 2.67. The monoisotopic (exact) mass is 371 g/mol. The molecule has 0 saturated carbocycles. The number of alkyl halides is 2. The van der Waals surface area contributed by atoms with Crippen LogP contribution in [0.15, 0.2) is 42.6 Å². The molecule has 0 aliphatic heterocycles. The van der Waals surface area contributed by atoms with Gasteiger partial charge in [-0.2, -0.15) is 5.26 Å². The van der Waals surface area contributed by atoms with Gasteiger partial charge in [-0.25, -0.2) is 13.2 Å². The zero-order valence-corrected chi connectivity index (χ0v) is 15.4. The van der Waals surface area contributed by atoms with E-state index in [1.165, 1.54) is 18.3 Å². The molecular weight excluding hydrogens is 351 g/mol. The van der Waals surface area contributed by atoms with Gasteiger partial charge in [0, 0.05) is 23.7 Å². The van der Waals surface area contributed by atoms with Crippen molar-refractivity contribution >= 4 is 16.6 Å². The third-order valence-corrected chi connectivity index (χ3v) is 3.94. The second-order valence-electron chi connectivity index (χ2n) is 5.65. The van der Waals surface area contributed by atoms with Crippen molar-refractivity contribution in [1.29, 1.82) is 5.26 Å². The molecule has 0 bridgehead atoms. The van der Waals surface area contributed by atoms with Gasteiger partial charge in [0.15, 0.2) is 0 Å². The summed E-state index contributed by atoms with van der Waals surface area (Å²) >= 11 is 0. The molecular formula is C21H20F3N3. The molecule has 2 aromatic carbocycles. The van der Waals surface area contributed by atoms with Crippen LogP contribution in [0.2, 0.25) is 0 Å². The number of benzene rings is 2. The number of nitriles is 1. The van der Waals surface area contributed by atoms with Gasteiger partial charge in [0.1, 0.15) is 11.9 Å². The van der Waals surface area contributed by atoms with Crippen LogP contribution in [-0.4, -0.2) is 4.98 Å². The summed E-state index contributed by atoms with van der Waals surface area (Å²) in [6.07, 6.45) is -1.44. The fraction of sp³-hybridized carbons (Fsp3) is 0.238. The van der Waals surface area contributed by atoms with Crippen molar-refractivity contribution in [3.05, 3.63) is 70.7 Å². The van der Waals surface area contributed by atoms with Crippen molar-refractivity contribution in [1.82, 2.24) is 4.98 Å². The van der Waals surface area contributed by atoms with Crippen molar-refractivity contribution < 1.29 is 13.2 Å². The number of anilines is 1. The predicted octanol–water partition coefficient (Wildman–Crippen LogP) is 6.13. The highest BCUT2D eigenvalue weighted by Gasteiger charge is 2.16. The topological polar surface area (TPSA) is 48.7 Å². The van der Waals surface area contributed by atoms with Crippen molar-refractivity contribution in [3.63, 3.8) is 0 Å². The maximum Gasteiger partial charge on any atom is 0.266 e. The van der Waals surface area contributed by atoms with Gasteiger partial charge < -0.3 is 5.32 Å². The van der Waals surface area contributed by atoms with Gasteiger partial charge in [-0.05, 0) is 19.1 Å². The summed E-state index contributed by atoms with van der Waals surface area (Å²) in [6.45, 7) is 5.89. The van der Waals surface area contributed by atoms with Crippen LogP contribution in [0, 0.1) is 24.1 Å². The Hall–Kier alpha value is -3.07. The average Bonchev–Trinajstić information content (AvgIpc) is 2.68. The lowest BCUT2D eigenvalue weighted by atomic mass is 10.1. The number of hydrogen-bond acceptors (Lipinski definition) is 3. The van der Waals surface area contributed by atoms with E-state index in [4.69, 9.17) is 0 Å². The maximum atomic E-state index is 14.2. The lowest BCUT2D eigenvalue weighted by molar-refractivity contribution is 0.146. The average molecular weight is 371 g/mol. The zero-order valence-electron chi connectivity index (χ0n) is 15.4. The molecule has 3 rings (SSSR count). The first kappa shape index (κ1) is 20.2. The Morgan fingerprint density at radius 2 is 1.93 bits per heavy atom. The molecule has 0 fully saturated rings. The molecule has 3 aromatic rings. The summed E-state index contributed by atoms with van der Waals surface area (Å²) in [7, 11) is 0. The molecule has 140 valence electrons. The minimum absolute atomic E-state index is 0.0197. The van der Waals surface area contributed by atoms with Crippen molar-refractivity contribution in [2.75, 3.05) is 5.32 Å². The number of nitrogens with one attached hydrogen (secondary N) is 1. The highest BCUT2D eigenvalue weighted by molar-refractivity contribution is 5.94. The number of rotatable bonds is 4. The fourth-order valence-corrected chi connectivity index (χ4v) is 2.67. The Bertz CT molecular complexity index is 978. The Labute approximate surface area is 156 Å². The summed E-state index contributed by atoms with van der Waals surface area (Å²) in [5.74, 6) is -0.932. The number of hydrogen-bond donors (Lipinski definition) is 1. The van der Waals surface area contributed by atoms with E-state index in [2.05, 4.69) is 10.3 Å². The molecule has 1 aromatic heterocycles. The second-order valence-corrected chi connectivity index (χ2v) is 5.65. The van der Waals surface area contributed by atoms with E-state index in [0.717, 1.165) is 17.0 Å². The molecule has 0 unspecified atom stereocenters. The first-order valence-electron chi connectivity index (χ1n) is 8.60. The predicted molar refractivity (Wildman–Crippen MR) is 101 cm³/mol. The molecule has 3 nitrogen and oxygen atoms in total. The number of pyridine rings is 1. The lowest BCUT2D eigenvalue weighted by Gasteiger charge is -2.13. The van der Waals surface area contributed by atoms with E-state index in [-0.39, 0.29) is 12.1 Å². The van der Waals surface area contributed by atoms with Gasteiger partial charge in [-0.3, -0.25) is 4.98 Å². The maximum absolute atomic E-state index is 14.2. The van der Waals surface area contributed by atoms with Crippen LogP contribution in [0.25, 0.3) is 10.9 Å². The highest BCUT2D eigenvalue weighted by atomic mass is 19.3. The molecule has 1 N–H and O–H groups in total. The van der Waals surface area contributed by atoms with Crippen molar-refractivity contribution in [2.24, 2.45) is 0 Å². The Kier molecular flexibility index (Phi) is 6.78. The van der Waals surface area contributed by atoms with Gasteiger partial charge in [-0.15, -0.1) is 0 Å². The molecule has 0 aliphatic rings. The SMILES string of the molecule is CC.Cc1ccc2ncc(C#N)c(NCc3cccc(C(F)F)c3F)c2c1. The van der Waals surface area contributed by atoms with E-state index < -0.39 is 17.8 Å². The highest BCUT2D eigenvalue weighted by Crippen LogP contribution is 2.28. The minimum Gasteiger partial charge on any atom is -0.379 e. The van der Waals surface area contributed by atoms with Crippen LogP contribution in [0.4, 0.5) is 18.9 Å². The van der Waals surface area contributed by atoms with Gasteiger partial charge in [0.25, 0.3) is 6.43 Å². The number of nitrogens with zero attached hydrogens (tertiary/aromatic N) is 2. The largest absolute Gasteiger partial charge is 0.379 e. The zero-order chi connectivity index (χ0) is 20.0. The van der Waals surface area contributed by atoms with Crippen LogP contribution in [0.1, 0.15) is 42.5 Å². The van der Waals surface area contributed by atoms with E-state index in [1.807, 2.05) is 45.0 Å². The normalized spacial score (nSPS) is 10.3. The van der Waals surface area contributed by atoms with E-state index in [1.54, 1.807) is 0 Å². The summed E-state index contributed by atoms with van der Waals surface area (Å²) in [4.78, 5) is 4.23.